The molecule has 1 saturated heterocycles. The highest BCUT2D eigenvalue weighted by Crippen LogP contribution is 2.34. The second-order valence-corrected chi connectivity index (χ2v) is 6.16. The molecular formula is C16H17N3O2. The van der Waals surface area contributed by atoms with Crippen molar-refractivity contribution in [2.24, 2.45) is 5.41 Å². The van der Waals surface area contributed by atoms with Crippen LogP contribution in [0.1, 0.15) is 26.7 Å². The zero-order chi connectivity index (χ0) is 15.0. The molecule has 108 valence electrons. The molecule has 0 unspecified atom stereocenters. The molecule has 1 N–H and O–H groups in total. The van der Waals surface area contributed by atoms with E-state index in [0.717, 1.165) is 11.3 Å². The van der Waals surface area contributed by atoms with Gasteiger partial charge in [0.25, 0.3) is 0 Å². The summed E-state index contributed by atoms with van der Waals surface area (Å²) in [5.41, 5.74) is 2.25. The summed E-state index contributed by atoms with van der Waals surface area (Å²) >= 11 is 0. The van der Waals surface area contributed by atoms with Crippen molar-refractivity contribution in [3.05, 3.63) is 36.5 Å². The van der Waals surface area contributed by atoms with Gasteiger partial charge in [0, 0.05) is 19.0 Å². The van der Waals surface area contributed by atoms with Crippen LogP contribution in [0.3, 0.4) is 0 Å². The molecule has 1 fully saturated rings. The Kier molecular flexibility index (Phi) is 3.12. The van der Waals surface area contributed by atoms with Crippen molar-refractivity contribution >= 4 is 17.5 Å². The van der Waals surface area contributed by atoms with Crippen molar-refractivity contribution in [3.8, 4) is 11.3 Å². The number of aromatic amines is 1. The van der Waals surface area contributed by atoms with Crippen LogP contribution in [0.4, 0.5) is 5.69 Å². The highest BCUT2D eigenvalue weighted by atomic mass is 16.2. The number of imide groups is 1. The maximum atomic E-state index is 12.2. The van der Waals surface area contributed by atoms with Gasteiger partial charge in [-0.2, -0.15) is 5.10 Å². The fraction of sp³-hybridized carbons (Fsp3) is 0.312. The Morgan fingerprint density at radius 1 is 1.05 bits per heavy atom. The van der Waals surface area contributed by atoms with Crippen LogP contribution >= 0.6 is 0 Å². The molecule has 0 spiro atoms. The van der Waals surface area contributed by atoms with E-state index in [-0.39, 0.29) is 17.2 Å². The third kappa shape index (κ3) is 2.59. The summed E-state index contributed by atoms with van der Waals surface area (Å²) in [6, 6.07) is 9.22. The smallest absolute Gasteiger partial charge is 0.234 e. The highest BCUT2D eigenvalue weighted by Gasteiger charge is 2.38. The molecule has 1 aromatic heterocycles. The van der Waals surface area contributed by atoms with E-state index < -0.39 is 0 Å². The zero-order valence-corrected chi connectivity index (χ0v) is 12.1. The molecule has 0 bridgehead atoms. The van der Waals surface area contributed by atoms with Gasteiger partial charge in [-0.15, -0.1) is 0 Å². The molecule has 5 nitrogen and oxygen atoms in total. The largest absolute Gasteiger partial charge is 0.278 e. The average Bonchev–Trinajstić information content (AvgIpc) is 2.91. The summed E-state index contributed by atoms with van der Waals surface area (Å²) in [6.07, 6.45) is 2.46. The predicted molar refractivity (Wildman–Crippen MR) is 79.5 cm³/mol. The van der Waals surface area contributed by atoms with Crippen molar-refractivity contribution in [1.82, 2.24) is 10.2 Å². The molecule has 0 aliphatic carbocycles. The zero-order valence-electron chi connectivity index (χ0n) is 12.1. The summed E-state index contributed by atoms with van der Waals surface area (Å²) in [5.74, 6) is -0.268. The number of carbonyl (C=O) groups is 2. The lowest BCUT2D eigenvalue weighted by Crippen LogP contribution is -2.46. The first kappa shape index (κ1) is 13.5. The Bertz CT molecular complexity index is 652. The maximum absolute atomic E-state index is 12.2. The number of nitrogens with zero attached hydrogens (tertiary/aromatic N) is 2. The van der Waals surface area contributed by atoms with E-state index >= 15 is 0 Å². The molecule has 0 saturated carbocycles. The lowest BCUT2D eigenvalue weighted by atomic mass is 9.81. The number of nitrogens with one attached hydrogen (secondary N) is 1. The Balaban J connectivity index is 1.87. The molecule has 2 amide bonds. The van der Waals surface area contributed by atoms with Crippen molar-refractivity contribution in [2.75, 3.05) is 4.90 Å². The monoisotopic (exact) mass is 283 g/mol. The number of anilines is 1. The SMILES string of the molecule is CC1(C)CC(=O)N(c2ccc(-c3ccn[nH]3)cc2)C(=O)C1. The first-order valence-electron chi connectivity index (χ1n) is 6.92. The Morgan fingerprint density at radius 2 is 1.67 bits per heavy atom. The number of rotatable bonds is 2. The van der Waals surface area contributed by atoms with Crippen molar-refractivity contribution in [2.45, 2.75) is 26.7 Å². The molecular weight excluding hydrogens is 266 g/mol. The van der Waals surface area contributed by atoms with Gasteiger partial charge < -0.3 is 0 Å². The van der Waals surface area contributed by atoms with Crippen LogP contribution < -0.4 is 4.90 Å². The fourth-order valence-corrected chi connectivity index (χ4v) is 2.67. The quantitative estimate of drug-likeness (QED) is 0.862. The average molecular weight is 283 g/mol. The van der Waals surface area contributed by atoms with Crippen LogP contribution in [0.15, 0.2) is 36.5 Å². The molecule has 2 heterocycles. The topological polar surface area (TPSA) is 66.1 Å². The number of hydrogen-bond donors (Lipinski definition) is 1. The molecule has 1 aromatic carbocycles. The van der Waals surface area contributed by atoms with Gasteiger partial charge in [-0.3, -0.25) is 19.6 Å². The van der Waals surface area contributed by atoms with Gasteiger partial charge in [-0.1, -0.05) is 26.0 Å². The molecule has 21 heavy (non-hydrogen) atoms. The van der Waals surface area contributed by atoms with Gasteiger partial charge in [0.05, 0.1) is 11.4 Å². The van der Waals surface area contributed by atoms with Crippen LogP contribution in [-0.4, -0.2) is 22.0 Å². The molecule has 1 aliphatic heterocycles. The summed E-state index contributed by atoms with van der Waals surface area (Å²) < 4.78 is 0. The summed E-state index contributed by atoms with van der Waals surface area (Å²) in [6.45, 7) is 3.89. The molecule has 1 aliphatic rings. The van der Waals surface area contributed by atoms with Gasteiger partial charge in [-0.05, 0) is 29.2 Å². The van der Waals surface area contributed by atoms with Gasteiger partial charge in [0.1, 0.15) is 0 Å². The normalized spacial score (nSPS) is 18.1. The van der Waals surface area contributed by atoms with E-state index in [1.54, 1.807) is 18.3 Å². The third-order valence-corrected chi connectivity index (χ3v) is 3.70. The lowest BCUT2D eigenvalue weighted by Gasteiger charge is -2.34. The first-order valence-corrected chi connectivity index (χ1v) is 6.92. The number of hydrogen-bond acceptors (Lipinski definition) is 3. The van der Waals surface area contributed by atoms with Crippen LogP contribution in [0.25, 0.3) is 11.3 Å². The van der Waals surface area contributed by atoms with Gasteiger partial charge in [0.2, 0.25) is 11.8 Å². The number of carbonyl (C=O) groups excluding carboxylic acids is 2. The number of H-pyrrole nitrogens is 1. The second kappa shape index (κ2) is 4.84. The van der Waals surface area contributed by atoms with Gasteiger partial charge in [0.15, 0.2) is 0 Å². The first-order chi connectivity index (χ1) is 9.96. The molecule has 2 aromatic rings. The number of aromatic nitrogens is 2. The summed E-state index contributed by atoms with van der Waals surface area (Å²) in [7, 11) is 0. The third-order valence-electron chi connectivity index (χ3n) is 3.70. The van der Waals surface area contributed by atoms with E-state index in [4.69, 9.17) is 0 Å². The standard InChI is InChI=1S/C16H17N3O2/c1-16(2)9-14(20)19(15(21)10-16)12-5-3-11(4-6-12)13-7-8-17-18-13/h3-8H,9-10H2,1-2H3,(H,17,18). The van der Waals surface area contributed by atoms with Gasteiger partial charge >= 0.3 is 0 Å². The van der Waals surface area contributed by atoms with E-state index in [1.165, 1.54) is 4.90 Å². The molecule has 0 radical (unpaired) electrons. The minimum absolute atomic E-state index is 0.134. The minimum Gasteiger partial charge on any atom is -0.278 e. The van der Waals surface area contributed by atoms with Crippen molar-refractivity contribution < 1.29 is 9.59 Å². The number of benzene rings is 1. The maximum Gasteiger partial charge on any atom is 0.234 e. The Morgan fingerprint density at radius 3 is 2.19 bits per heavy atom. The molecule has 3 rings (SSSR count). The van der Waals surface area contributed by atoms with Crippen molar-refractivity contribution in [3.63, 3.8) is 0 Å². The van der Waals surface area contributed by atoms with E-state index in [1.807, 2.05) is 32.0 Å². The Labute approximate surface area is 123 Å². The molecule has 5 heteroatoms. The number of amides is 2. The van der Waals surface area contributed by atoms with E-state index in [9.17, 15) is 9.59 Å². The van der Waals surface area contributed by atoms with E-state index in [2.05, 4.69) is 10.2 Å². The van der Waals surface area contributed by atoms with Crippen molar-refractivity contribution in [1.29, 1.82) is 0 Å². The summed E-state index contributed by atoms with van der Waals surface area (Å²) in [4.78, 5) is 25.7. The van der Waals surface area contributed by atoms with E-state index in [0.29, 0.717) is 18.5 Å². The lowest BCUT2D eigenvalue weighted by molar-refractivity contribution is -0.132. The minimum atomic E-state index is -0.249. The summed E-state index contributed by atoms with van der Waals surface area (Å²) in [5, 5.41) is 6.79. The van der Waals surface area contributed by atoms with Gasteiger partial charge in [-0.25, -0.2) is 0 Å². The molecule has 0 atom stereocenters. The van der Waals surface area contributed by atoms with Crippen LogP contribution in [-0.2, 0) is 9.59 Å². The Hall–Kier alpha value is -2.43. The number of piperidine rings is 1. The van der Waals surface area contributed by atoms with Crippen LogP contribution in [0, 0.1) is 5.41 Å². The predicted octanol–water partition coefficient (Wildman–Crippen LogP) is 2.76. The van der Waals surface area contributed by atoms with Crippen LogP contribution in [0.2, 0.25) is 0 Å². The second-order valence-electron chi connectivity index (χ2n) is 6.16. The van der Waals surface area contributed by atoms with Crippen LogP contribution in [0.5, 0.6) is 0 Å². The fourth-order valence-electron chi connectivity index (χ4n) is 2.67. The highest BCUT2D eigenvalue weighted by molar-refractivity contribution is 6.16.